The molecule has 0 atom stereocenters. The van der Waals surface area contributed by atoms with Gasteiger partial charge in [0.15, 0.2) is 0 Å². The summed E-state index contributed by atoms with van der Waals surface area (Å²) in [6.45, 7) is 7.34. The van der Waals surface area contributed by atoms with E-state index in [0.717, 1.165) is 32.4 Å². The number of ether oxygens (including phenoxy) is 1. The molecular weight excluding hydrogens is 318 g/mol. The molecule has 0 saturated carbocycles. The van der Waals surface area contributed by atoms with E-state index in [4.69, 9.17) is 4.74 Å². The predicted molar refractivity (Wildman–Crippen MR) is 102 cm³/mol. The van der Waals surface area contributed by atoms with Crippen LogP contribution in [0, 0.1) is 5.92 Å². The van der Waals surface area contributed by atoms with Gasteiger partial charge < -0.3 is 9.64 Å². The number of carbonyl (C=O) groups excluding carboxylic acids is 1. The van der Waals surface area contributed by atoms with Crippen LogP contribution in [0.1, 0.15) is 45.6 Å². The summed E-state index contributed by atoms with van der Waals surface area (Å²) in [6, 6.07) is 8.63. The third-order valence-corrected chi connectivity index (χ3v) is 4.91. The van der Waals surface area contributed by atoms with Gasteiger partial charge in [-0.25, -0.2) is 4.79 Å². The van der Waals surface area contributed by atoms with Crippen LogP contribution in [-0.2, 0) is 4.74 Å². The number of piperidine rings is 1. The van der Waals surface area contributed by atoms with E-state index in [9.17, 15) is 4.79 Å². The Morgan fingerprint density at radius 1 is 1.25 bits per heavy atom. The summed E-state index contributed by atoms with van der Waals surface area (Å²) in [5.74, 6) is 0.658. The zero-order valence-corrected chi connectivity index (χ0v) is 16.1. The highest BCUT2D eigenvalue weighted by molar-refractivity contribution is 7.98. The lowest BCUT2D eigenvalue weighted by atomic mass is 9.93. The van der Waals surface area contributed by atoms with Crippen molar-refractivity contribution in [3.63, 3.8) is 0 Å². The number of carbonyl (C=O) groups is 1. The summed E-state index contributed by atoms with van der Waals surface area (Å²) in [5.41, 5.74) is 0.835. The van der Waals surface area contributed by atoms with E-state index >= 15 is 0 Å². The van der Waals surface area contributed by atoms with Crippen molar-refractivity contribution >= 4 is 23.9 Å². The maximum Gasteiger partial charge on any atom is 0.410 e. The zero-order valence-electron chi connectivity index (χ0n) is 15.2. The molecule has 132 valence electrons. The predicted octanol–water partition coefficient (Wildman–Crippen LogP) is 5.46. The van der Waals surface area contributed by atoms with Crippen LogP contribution < -0.4 is 0 Å². The fourth-order valence-corrected chi connectivity index (χ4v) is 3.20. The van der Waals surface area contributed by atoms with Gasteiger partial charge >= 0.3 is 6.09 Å². The molecule has 0 radical (unpaired) electrons. The minimum Gasteiger partial charge on any atom is -0.444 e. The van der Waals surface area contributed by atoms with Crippen LogP contribution in [0.3, 0.4) is 0 Å². The number of hydrogen-bond donors (Lipinski definition) is 0. The molecule has 2 rings (SSSR count). The molecule has 1 aliphatic heterocycles. The molecule has 0 spiro atoms. The normalized spacial score (nSPS) is 16.6. The van der Waals surface area contributed by atoms with Crippen molar-refractivity contribution in [2.24, 2.45) is 5.92 Å². The number of nitrogens with zero attached hydrogens (tertiary/aromatic N) is 1. The average Bonchev–Trinajstić information content (AvgIpc) is 2.54. The molecule has 0 bridgehead atoms. The summed E-state index contributed by atoms with van der Waals surface area (Å²) in [5, 5.41) is 0. The molecule has 1 saturated heterocycles. The molecule has 1 amide bonds. The number of thioether (sulfide) groups is 1. The topological polar surface area (TPSA) is 29.5 Å². The Kier molecular flexibility index (Phi) is 6.79. The van der Waals surface area contributed by atoms with Gasteiger partial charge in [-0.15, -0.1) is 11.8 Å². The lowest BCUT2D eigenvalue weighted by Crippen LogP contribution is -2.41. The molecule has 0 aliphatic carbocycles. The SMILES string of the molecule is CSc1ccc(/C=C/CC2CCN(C(=O)OC(C)(C)C)CC2)cc1. The maximum atomic E-state index is 12.1. The zero-order chi connectivity index (χ0) is 17.6. The summed E-state index contributed by atoms with van der Waals surface area (Å²) in [7, 11) is 0. The van der Waals surface area contributed by atoms with E-state index in [1.54, 1.807) is 11.8 Å². The second-order valence-electron chi connectivity index (χ2n) is 7.32. The molecule has 1 aromatic rings. The van der Waals surface area contributed by atoms with E-state index < -0.39 is 5.60 Å². The largest absolute Gasteiger partial charge is 0.444 e. The van der Waals surface area contributed by atoms with Gasteiger partial charge in [0, 0.05) is 18.0 Å². The second-order valence-corrected chi connectivity index (χ2v) is 8.20. The fraction of sp³-hybridized carbons (Fsp3) is 0.550. The van der Waals surface area contributed by atoms with E-state index in [2.05, 4.69) is 42.7 Å². The second kappa shape index (κ2) is 8.61. The van der Waals surface area contributed by atoms with Crippen molar-refractivity contribution in [2.75, 3.05) is 19.3 Å². The van der Waals surface area contributed by atoms with Gasteiger partial charge in [-0.1, -0.05) is 24.3 Å². The first-order valence-corrected chi connectivity index (χ1v) is 9.88. The fourth-order valence-electron chi connectivity index (χ4n) is 2.79. The minimum absolute atomic E-state index is 0.176. The molecule has 4 heteroatoms. The number of amides is 1. The number of likely N-dealkylation sites (tertiary alicyclic amines) is 1. The van der Waals surface area contributed by atoms with Crippen LogP contribution in [0.2, 0.25) is 0 Å². The average molecular weight is 348 g/mol. The van der Waals surface area contributed by atoms with Crippen molar-refractivity contribution in [1.29, 1.82) is 0 Å². The molecule has 1 fully saturated rings. The van der Waals surface area contributed by atoms with E-state index in [1.807, 2.05) is 25.7 Å². The lowest BCUT2D eigenvalue weighted by Gasteiger charge is -2.33. The van der Waals surface area contributed by atoms with Crippen LogP contribution in [0.15, 0.2) is 35.2 Å². The van der Waals surface area contributed by atoms with Crippen molar-refractivity contribution < 1.29 is 9.53 Å². The van der Waals surface area contributed by atoms with Gasteiger partial charge in [0.2, 0.25) is 0 Å². The Morgan fingerprint density at radius 3 is 2.42 bits per heavy atom. The van der Waals surface area contributed by atoms with Gasteiger partial charge in [0.05, 0.1) is 0 Å². The van der Waals surface area contributed by atoms with Crippen LogP contribution in [0.4, 0.5) is 4.79 Å². The third kappa shape index (κ3) is 6.23. The van der Waals surface area contributed by atoms with Gasteiger partial charge in [-0.05, 0) is 69.9 Å². The molecule has 3 nitrogen and oxygen atoms in total. The van der Waals surface area contributed by atoms with Crippen molar-refractivity contribution in [3.8, 4) is 0 Å². The molecule has 1 aliphatic rings. The van der Waals surface area contributed by atoms with Crippen molar-refractivity contribution in [2.45, 2.75) is 50.5 Å². The van der Waals surface area contributed by atoms with Gasteiger partial charge in [-0.3, -0.25) is 0 Å². The highest BCUT2D eigenvalue weighted by Gasteiger charge is 2.26. The first kappa shape index (κ1) is 18.9. The van der Waals surface area contributed by atoms with Crippen LogP contribution >= 0.6 is 11.8 Å². The summed E-state index contributed by atoms with van der Waals surface area (Å²) in [4.78, 5) is 15.2. The Hall–Kier alpha value is -1.42. The monoisotopic (exact) mass is 347 g/mol. The highest BCUT2D eigenvalue weighted by atomic mass is 32.2. The van der Waals surface area contributed by atoms with Crippen molar-refractivity contribution in [3.05, 3.63) is 35.9 Å². The first-order chi connectivity index (χ1) is 11.4. The standard InChI is InChI=1S/C20H29NO2S/c1-20(2,3)23-19(22)21-14-12-17(13-15-21)7-5-6-16-8-10-18(24-4)11-9-16/h5-6,8-11,17H,7,12-15H2,1-4H3/b6-5+. The number of rotatable bonds is 4. The molecule has 1 heterocycles. The third-order valence-electron chi connectivity index (χ3n) is 4.16. The van der Waals surface area contributed by atoms with Crippen molar-refractivity contribution in [1.82, 2.24) is 4.90 Å². The number of benzene rings is 1. The van der Waals surface area contributed by atoms with Gasteiger partial charge in [-0.2, -0.15) is 0 Å². The Balaban J connectivity index is 1.74. The van der Waals surface area contributed by atoms with Crippen LogP contribution in [0.25, 0.3) is 6.08 Å². The number of allylic oxidation sites excluding steroid dienone is 1. The van der Waals surface area contributed by atoms with E-state index in [0.29, 0.717) is 5.92 Å². The summed E-state index contributed by atoms with van der Waals surface area (Å²) < 4.78 is 5.44. The first-order valence-electron chi connectivity index (χ1n) is 8.66. The lowest BCUT2D eigenvalue weighted by molar-refractivity contribution is 0.0185. The Bertz CT molecular complexity index is 552. The molecule has 0 N–H and O–H groups in total. The summed E-state index contributed by atoms with van der Waals surface area (Å²) in [6.07, 6.45) is 9.56. The Labute approximate surface area is 150 Å². The van der Waals surface area contributed by atoms with E-state index in [-0.39, 0.29) is 6.09 Å². The van der Waals surface area contributed by atoms with Crippen LogP contribution in [-0.4, -0.2) is 35.9 Å². The smallest absolute Gasteiger partial charge is 0.410 e. The highest BCUT2D eigenvalue weighted by Crippen LogP contribution is 2.23. The molecular formula is C20H29NO2S. The molecule has 0 unspecified atom stereocenters. The van der Waals surface area contributed by atoms with Crippen LogP contribution in [0.5, 0.6) is 0 Å². The number of hydrogen-bond acceptors (Lipinski definition) is 3. The minimum atomic E-state index is -0.414. The summed E-state index contributed by atoms with van der Waals surface area (Å²) >= 11 is 1.76. The van der Waals surface area contributed by atoms with Gasteiger partial charge in [0.25, 0.3) is 0 Å². The molecule has 24 heavy (non-hydrogen) atoms. The maximum absolute atomic E-state index is 12.1. The van der Waals surface area contributed by atoms with E-state index in [1.165, 1.54) is 10.5 Å². The van der Waals surface area contributed by atoms with Gasteiger partial charge in [0.1, 0.15) is 5.60 Å². The molecule has 0 aromatic heterocycles. The Morgan fingerprint density at radius 2 is 1.88 bits per heavy atom. The quantitative estimate of drug-likeness (QED) is 0.677. The molecule has 1 aromatic carbocycles.